The van der Waals surface area contributed by atoms with Crippen molar-refractivity contribution in [1.82, 2.24) is 10.2 Å². The van der Waals surface area contributed by atoms with Crippen molar-refractivity contribution < 1.29 is 14.3 Å². The molecule has 1 aliphatic heterocycles. The molecule has 0 bridgehead atoms. The Balaban J connectivity index is 0.000000921. The molecule has 1 N–H and O–H groups in total. The molecule has 2 rings (SSSR count). The summed E-state index contributed by atoms with van der Waals surface area (Å²) in [6.45, 7) is 10.5. The molecule has 1 aromatic rings. The van der Waals surface area contributed by atoms with Crippen LogP contribution in [-0.4, -0.2) is 43.5 Å². The largest absolute Gasteiger partial charge is 0.492 e. The third kappa shape index (κ3) is 6.79. The Morgan fingerprint density at radius 1 is 1.19 bits per heavy atom. The van der Waals surface area contributed by atoms with Crippen molar-refractivity contribution in [2.45, 2.75) is 27.7 Å². The van der Waals surface area contributed by atoms with Crippen molar-refractivity contribution in [2.75, 3.05) is 26.2 Å². The zero-order chi connectivity index (χ0) is 16.1. The van der Waals surface area contributed by atoms with Gasteiger partial charge in [0.05, 0.1) is 6.54 Å². The maximum absolute atomic E-state index is 11.2. The SMILES string of the molecule is CC.CC.O=Cc1ccc(OCCN2CCNC2=O)cc1. The van der Waals surface area contributed by atoms with E-state index >= 15 is 0 Å². The first-order valence-electron chi connectivity index (χ1n) is 7.50. The minimum Gasteiger partial charge on any atom is -0.492 e. The highest BCUT2D eigenvalue weighted by Gasteiger charge is 2.18. The van der Waals surface area contributed by atoms with E-state index in [-0.39, 0.29) is 6.03 Å². The van der Waals surface area contributed by atoms with Gasteiger partial charge in [-0.05, 0) is 24.3 Å². The number of nitrogens with one attached hydrogen (secondary N) is 1. The minimum atomic E-state index is -0.0371. The molecule has 1 aliphatic rings. The van der Waals surface area contributed by atoms with Crippen LogP contribution < -0.4 is 10.1 Å². The molecule has 5 nitrogen and oxygen atoms in total. The monoisotopic (exact) mass is 294 g/mol. The number of hydrogen-bond donors (Lipinski definition) is 1. The van der Waals surface area contributed by atoms with E-state index in [1.165, 1.54) is 0 Å². The lowest BCUT2D eigenvalue weighted by Gasteiger charge is -2.14. The maximum atomic E-state index is 11.2. The molecule has 0 spiro atoms. The van der Waals surface area contributed by atoms with Gasteiger partial charge in [0.2, 0.25) is 0 Å². The summed E-state index contributed by atoms with van der Waals surface area (Å²) in [7, 11) is 0. The molecular formula is C16H26N2O3. The highest BCUT2D eigenvalue weighted by Crippen LogP contribution is 2.11. The van der Waals surface area contributed by atoms with E-state index in [0.717, 1.165) is 12.8 Å². The normalized spacial score (nSPS) is 12.4. The predicted octanol–water partition coefficient (Wildman–Crippen LogP) is 2.96. The first kappa shape index (κ1) is 19.0. The Bertz CT molecular complexity index is 404. The van der Waals surface area contributed by atoms with Gasteiger partial charge in [-0.25, -0.2) is 4.79 Å². The summed E-state index contributed by atoms with van der Waals surface area (Å²) in [6, 6.07) is 6.85. The Morgan fingerprint density at radius 3 is 2.29 bits per heavy atom. The number of ether oxygens (including phenoxy) is 1. The lowest BCUT2D eigenvalue weighted by molar-refractivity contribution is 0.112. The van der Waals surface area contributed by atoms with Gasteiger partial charge in [-0.2, -0.15) is 0 Å². The summed E-state index contributed by atoms with van der Waals surface area (Å²) in [5, 5.41) is 2.73. The quantitative estimate of drug-likeness (QED) is 0.849. The van der Waals surface area contributed by atoms with Crippen molar-refractivity contribution in [3.8, 4) is 5.75 Å². The van der Waals surface area contributed by atoms with Crippen LogP contribution >= 0.6 is 0 Å². The zero-order valence-corrected chi connectivity index (χ0v) is 13.4. The van der Waals surface area contributed by atoms with Crippen molar-refractivity contribution in [2.24, 2.45) is 0 Å². The van der Waals surface area contributed by atoms with E-state index in [0.29, 0.717) is 31.0 Å². The summed E-state index contributed by atoms with van der Waals surface area (Å²) < 4.78 is 5.48. The van der Waals surface area contributed by atoms with E-state index < -0.39 is 0 Å². The van der Waals surface area contributed by atoms with Crippen molar-refractivity contribution >= 4 is 12.3 Å². The molecule has 1 fully saturated rings. The van der Waals surface area contributed by atoms with Gasteiger partial charge in [0, 0.05) is 18.7 Å². The van der Waals surface area contributed by atoms with Crippen LogP contribution in [-0.2, 0) is 0 Å². The molecule has 2 amide bonds. The summed E-state index contributed by atoms with van der Waals surface area (Å²) >= 11 is 0. The van der Waals surface area contributed by atoms with Gasteiger partial charge in [-0.3, -0.25) is 4.79 Å². The van der Waals surface area contributed by atoms with E-state index in [9.17, 15) is 9.59 Å². The Morgan fingerprint density at radius 2 is 1.81 bits per heavy atom. The first-order valence-corrected chi connectivity index (χ1v) is 7.50. The average Bonchev–Trinajstić information content (AvgIpc) is 2.97. The van der Waals surface area contributed by atoms with Gasteiger partial charge >= 0.3 is 6.03 Å². The fourth-order valence-corrected chi connectivity index (χ4v) is 1.64. The number of rotatable bonds is 5. The molecule has 1 aromatic carbocycles. The van der Waals surface area contributed by atoms with Crippen LogP contribution in [0.3, 0.4) is 0 Å². The molecule has 1 heterocycles. The predicted molar refractivity (Wildman–Crippen MR) is 85.0 cm³/mol. The zero-order valence-electron chi connectivity index (χ0n) is 13.4. The lowest BCUT2D eigenvalue weighted by Crippen LogP contribution is -2.31. The Hall–Kier alpha value is -2.04. The van der Waals surface area contributed by atoms with Gasteiger partial charge in [0.15, 0.2) is 0 Å². The molecule has 5 heteroatoms. The topological polar surface area (TPSA) is 58.6 Å². The second-order valence-corrected chi connectivity index (χ2v) is 3.75. The van der Waals surface area contributed by atoms with Crippen LogP contribution in [0.2, 0.25) is 0 Å². The van der Waals surface area contributed by atoms with Crippen LogP contribution in [0.1, 0.15) is 38.1 Å². The van der Waals surface area contributed by atoms with Crippen molar-refractivity contribution in [1.29, 1.82) is 0 Å². The molecule has 0 aliphatic carbocycles. The third-order valence-electron chi connectivity index (χ3n) is 2.59. The fraction of sp³-hybridized carbons (Fsp3) is 0.500. The van der Waals surface area contributed by atoms with Gasteiger partial charge in [0.1, 0.15) is 18.6 Å². The lowest BCUT2D eigenvalue weighted by atomic mass is 10.2. The molecule has 0 aromatic heterocycles. The average molecular weight is 294 g/mol. The van der Waals surface area contributed by atoms with E-state index in [4.69, 9.17) is 4.74 Å². The maximum Gasteiger partial charge on any atom is 0.317 e. The van der Waals surface area contributed by atoms with Crippen molar-refractivity contribution in [3.05, 3.63) is 29.8 Å². The van der Waals surface area contributed by atoms with E-state index in [2.05, 4.69) is 5.32 Å². The van der Waals surface area contributed by atoms with Gasteiger partial charge < -0.3 is 15.0 Å². The number of hydrogen-bond acceptors (Lipinski definition) is 3. The second kappa shape index (κ2) is 11.8. The number of urea groups is 1. The van der Waals surface area contributed by atoms with E-state index in [1.807, 2.05) is 27.7 Å². The van der Waals surface area contributed by atoms with Crippen LogP contribution in [0.15, 0.2) is 24.3 Å². The minimum absolute atomic E-state index is 0.0371. The van der Waals surface area contributed by atoms with Gasteiger partial charge in [-0.15, -0.1) is 0 Å². The summed E-state index contributed by atoms with van der Waals surface area (Å²) in [6.07, 6.45) is 0.790. The number of carbonyl (C=O) groups excluding carboxylic acids is 2. The van der Waals surface area contributed by atoms with Gasteiger partial charge in [0.25, 0.3) is 0 Å². The molecule has 0 radical (unpaired) electrons. The van der Waals surface area contributed by atoms with Crippen LogP contribution in [0.5, 0.6) is 5.75 Å². The fourth-order valence-electron chi connectivity index (χ4n) is 1.64. The summed E-state index contributed by atoms with van der Waals surface area (Å²) in [5.41, 5.74) is 0.622. The highest BCUT2D eigenvalue weighted by atomic mass is 16.5. The van der Waals surface area contributed by atoms with Crippen LogP contribution in [0, 0.1) is 0 Å². The van der Waals surface area contributed by atoms with Crippen molar-refractivity contribution in [3.63, 3.8) is 0 Å². The van der Waals surface area contributed by atoms with Gasteiger partial charge in [-0.1, -0.05) is 27.7 Å². The molecule has 21 heavy (non-hydrogen) atoms. The molecule has 0 saturated carbocycles. The Kier molecular flexibility index (Phi) is 10.6. The number of nitrogens with zero attached hydrogens (tertiary/aromatic N) is 1. The highest BCUT2D eigenvalue weighted by molar-refractivity contribution is 5.76. The number of aldehydes is 1. The molecule has 118 valence electrons. The van der Waals surface area contributed by atoms with Crippen LogP contribution in [0.4, 0.5) is 4.79 Å². The number of benzene rings is 1. The first-order chi connectivity index (χ1) is 10.3. The molecular weight excluding hydrogens is 268 g/mol. The second-order valence-electron chi connectivity index (χ2n) is 3.75. The number of amides is 2. The summed E-state index contributed by atoms with van der Waals surface area (Å²) in [4.78, 5) is 23.4. The smallest absolute Gasteiger partial charge is 0.317 e. The molecule has 1 saturated heterocycles. The van der Waals surface area contributed by atoms with Crippen LogP contribution in [0.25, 0.3) is 0 Å². The number of carbonyl (C=O) groups is 2. The van der Waals surface area contributed by atoms with E-state index in [1.54, 1.807) is 29.2 Å². The molecule has 0 atom stereocenters. The Labute approximate surface area is 127 Å². The molecule has 0 unspecified atom stereocenters. The third-order valence-corrected chi connectivity index (χ3v) is 2.59. The standard InChI is InChI=1S/C12H14N2O3.2C2H6/c15-9-10-1-3-11(4-2-10)17-8-7-14-6-5-13-12(14)16;2*1-2/h1-4,9H,5-8H2,(H,13,16);2*1-2H3. The summed E-state index contributed by atoms with van der Waals surface area (Å²) in [5.74, 6) is 0.704.